The van der Waals surface area contributed by atoms with Gasteiger partial charge < -0.3 is 14.9 Å². The van der Waals surface area contributed by atoms with Crippen LogP contribution in [0.2, 0.25) is 0 Å². The Hall–Kier alpha value is -2.82. The first-order valence-electron chi connectivity index (χ1n) is 20.2. The van der Waals surface area contributed by atoms with Gasteiger partial charge in [0.2, 0.25) is 0 Å². The van der Waals surface area contributed by atoms with Gasteiger partial charge in [-0.05, 0) is 172 Å². The molecular weight excluding hydrogens is 715 g/mol. The van der Waals surface area contributed by atoms with Crippen molar-refractivity contribution >= 4 is 27.1 Å². The summed E-state index contributed by atoms with van der Waals surface area (Å²) in [6, 6.07) is 16.7. The fraction of sp³-hybridized carbons (Fsp3) is 0.578. The predicted octanol–water partition coefficient (Wildman–Crippen LogP) is 8.93. The van der Waals surface area contributed by atoms with Crippen molar-refractivity contribution in [3.63, 3.8) is 0 Å². The lowest BCUT2D eigenvalue weighted by atomic mass is 9.49. The smallest absolute Gasteiger partial charge is 0.252 e. The van der Waals surface area contributed by atoms with Gasteiger partial charge in [-0.3, -0.25) is 4.79 Å². The fourth-order valence-corrected chi connectivity index (χ4v) is 14.8. The van der Waals surface area contributed by atoms with Gasteiger partial charge in [0, 0.05) is 29.6 Å². The molecular formula is C45H57NO6S2. The minimum atomic E-state index is -3.88. The van der Waals surface area contributed by atoms with Crippen LogP contribution in [0.15, 0.2) is 75.8 Å². The van der Waals surface area contributed by atoms with E-state index in [2.05, 4.69) is 26.0 Å². The molecule has 0 spiro atoms. The van der Waals surface area contributed by atoms with Gasteiger partial charge >= 0.3 is 0 Å². The molecule has 9 heteroatoms. The second-order valence-electron chi connectivity index (χ2n) is 18.1. The van der Waals surface area contributed by atoms with E-state index in [-0.39, 0.29) is 23.7 Å². The third-order valence-corrected chi connectivity index (χ3v) is 17.6. The van der Waals surface area contributed by atoms with E-state index >= 15 is 0 Å². The quantitative estimate of drug-likeness (QED) is 0.166. The van der Waals surface area contributed by atoms with Gasteiger partial charge in [-0.25, -0.2) is 8.42 Å². The maximum Gasteiger partial charge on any atom is 0.252 e. The molecule has 4 atom stereocenters. The van der Waals surface area contributed by atoms with Crippen LogP contribution in [0.5, 0.6) is 5.75 Å². The maximum atomic E-state index is 14.7. The van der Waals surface area contributed by atoms with E-state index in [4.69, 9.17) is 4.74 Å². The molecule has 290 valence electrons. The highest BCUT2D eigenvalue weighted by Gasteiger charge is 2.59. The van der Waals surface area contributed by atoms with Gasteiger partial charge in [0.05, 0.1) is 18.8 Å². The zero-order valence-corrected chi connectivity index (χ0v) is 33.8. The van der Waals surface area contributed by atoms with Gasteiger partial charge in [0.25, 0.3) is 10.0 Å². The topological polar surface area (TPSA) is 104 Å². The van der Waals surface area contributed by atoms with Crippen LogP contribution in [0.25, 0.3) is 0 Å². The molecule has 0 aliphatic heterocycles. The maximum absolute atomic E-state index is 14.7. The van der Waals surface area contributed by atoms with Gasteiger partial charge in [-0.2, -0.15) is 4.31 Å². The first-order valence-corrected chi connectivity index (χ1v) is 22.5. The summed E-state index contributed by atoms with van der Waals surface area (Å²) in [5.74, 6) is 2.41. The SMILES string of the molecule is COc1ccc(C(=O)c2cc3ccc2[C@@H]2CC[C@@](O)(CN(CC45CC6CC(CC(C6)C4)C5)S(=O)(=O)c4cccs4)[C@@]2(C)CCC=C(C)CC[C@H](O)C3)cc1. The largest absolute Gasteiger partial charge is 0.497 e. The molecule has 5 saturated carbocycles. The van der Waals surface area contributed by atoms with Crippen LogP contribution in [0.4, 0.5) is 0 Å². The van der Waals surface area contributed by atoms with E-state index in [0.29, 0.717) is 83.9 Å². The Morgan fingerprint density at radius 2 is 1.67 bits per heavy atom. The molecule has 7 aliphatic carbocycles. The van der Waals surface area contributed by atoms with Gasteiger partial charge in [-0.1, -0.05) is 36.8 Å². The lowest BCUT2D eigenvalue weighted by Gasteiger charge is -2.58. The van der Waals surface area contributed by atoms with Gasteiger partial charge in [0.15, 0.2) is 5.78 Å². The van der Waals surface area contributed by atoms with E-state index in [9.17, 15) is 23.4 Å². The Morgan fingerprint density at radius 1 is 0.963 bits per heavy atom. The van der Waals surface area contributed by atoms with Crippen molar-refractivity contribution < 1.29 is 28.2 Å². The number of benzene rings is 2. The summed E-state index contributed by atoms with van der Waals surface area (Å²) in [5.41, 5.74) is 2.02. The second kappa shape index (κ2) is 14.6. The van der Waals surface area contributed by atoms with Crippen LogP contribution in [-0.2, 0) is 16.4 Å². The summed E-state index contributed by atoms with van der Waals surface area (Å²) >= 11 is 1.26. The molecule has 54 heavy (non-hydrogen) atoms. The summed E-state index contributed by atoms with van der Waals surface area (Å²) < 4.78 is 36.9. The Morgan fingerprint density at radius 3 is 2.31 bits per heavy atom. The molecule has 0 radical (unpaired) electrons. The molecule has 2 aromatic carbocycles. The third kappa shape index (κ3) is 7.06. The molecule has 5 fully saturated rings. The highest BCUT2D eigenvalue weighted by molar-refractivity contribution is 7.91. The number of sulfonamides is 1. The lowest BCUT2D eigenvalue weighted by molar-refractivity contribution is -0.0920. The Kier molecular flexibility index (Phi) is 10.3. The monoisotopic (exact) mass is 771 g/mol. The number of carbonyl (C=O) groups is 1. The zero-order valence-electron chi connectivity index (χ0n) is 32.1. The van der Waals surface area contributed by atoms with Crippen molar-refractivity contribution in [3.05, 3.63) is 93.9 Å². The first-order chi connectivity index (χ1) is 25.8. The Balaban J connectivity index is 1.20. The molecule has 10 rings (SSSR count). The molecule has 0 unspecified atom stereocenters. The summed E-state index contributed by atoms with van der Waals surface area (Å²) in [6.45, 7) is 4.76. The molecule has 1 heterocycles. The van der Waals surface area contributed by atoms with E-state index in [0.717, 1.165) is 36.8 Å². The fourth-order valence-electron chi connectivity index (χ4n) is 12.0. The van der Waals surface area contributed by atoms with Crippen molar-refractivity contribution in [1.82, 2.24) is 4.31 Å². The van der Waals surface area contributed by atoms with Crippen LogP contribution in [0.3, 0.4) is 0 Å². The van der Waals surface area contributed by atoms with Crippen molar-refractivity contribution in [2.75, 3.05) is 20.2 Å². The number of ether oxygens (including phenoxy) is 1. The molecule has 2 N–H and O–H groups in total. The number of fused-ring (bicyclic) bond motifs is 8. The number of carbonyl (C=O) groups excluding carboxylic acids is 1. The minimum absolute atomic E-state index is 0.0384. The van der Waals surface area contributed by atoms with Crippen molar-refractivity contribution in [3.8, 4) is 5.75 Å². The van der Waals surface area contributed by atoms with E-state index < -0.39 is 27.1 Å². The average molecular weight is 772 g/mol. The highest BCUT2D eigenvalue weighted by atomic mass is 32.2. The number of nitrogens with zero attached hydrogens (tertiary/aromatic N) is 1. The molecule has 0 saturated heterocycles. The number of thiophene rings is 1. The number of allylic oxidation sites excluding steroid dienone is 2. The van der Waals surface area contributed by atoms with Crippen LogP contribution in [0.1, 0.15) is 124 Å². The average Bonchev–Trinajstić information content (AvgIpc) is 3.77. The minimum Gasteiger partial charge on any atom is -0.497 e. The molecule has 6 bridgehead atoms. The predicted molar refractivity (Wildman–Crippen MR) is 214 cm³/mol. The second-order valence-corrected chi connectivity index (χ2v) is 21.2. The Bertz CT molecular complexity index is 1950. The number of aliphatic hydroxyl groups is 2. The van der Waals surface area contributed by atoms with Crippen molar-refractivity contribution in [1.29, 1.82) is 0 Å². The highest BCUT2D eigenvalue weighted by Crippen LogP contribution is 2.62. The number of hydrogen-bond donors (Lipinski definition) is 2. The number of rotatable bonds is 9. The molecule has 7 nitrogen and oxygen atoms in total. The summed E-state index contributed by atoms with van der Waals surface area (Å²) in [6.07, 6.45) is 13.0. The van der Waals surface area contributed by atoms with Gasteiger partial charge in [-0.15, -0.1) is 11.3 Å². The standard InChI is InChI=1S/C45H57NO6S2/c1-30-6-4-17-43(2)40(38-15-9-31(23-36(47)12-8-30)24-39(38)42(48)35-10-13-37(52-3)14-11-35)16-18-45(43,49)29-46(54(50,51)41-7-5-19-53-41)28-44-25-32-20-33(26-44)22-34(21-32)27-44/h5-7,9-11,13-15,19,24,32-34,36,40,47,49H,4,8,12,16-18,20-23,25-29H2,1-3H3/t32?,33?,34?,36-,40-,43-,44?,45+/m0/s1. The third-order valence-electron chi connectivity index (χ3n) is 14.5. The van der Waals surface area contributed by atoms with Crippen LogP contribution in [-0.4, -0.2) is 60.6 Å². The molecule has 1 aromatic heterocycles. The molecule has 3 aromatic rings. The normalized spacial score (nSPS) is 33.7. The number of aliphatic hydroxyl groups excluding tert-OH is 1. The van der Waals surface area contributed by atoms with Gasteiger partial charge in [0.1, 0.15) is 9.96 Å². The molecule has 0 amide bonds. The van der Waals surface area contributed by atoms with Crippen molar-refractivity contribution in [2.45, 2.75) is 119 Å². The number of hydrogen-bond acceptors (Lipinski definition) is 7. The van der Waals surface area contributed by atoms with E-state index in [1.54, 1.807) is 47.8 Å². The van der Waals surface area contributed by atoms with Crippen LogP contribution < -0.4 is 4.74 Å². The van der Waals surface area contributed by atoms with E-state index in [1.165, 1.54) is 36.2 Å². The summed E-state index contributed by atoms with van der Waals surface area (Å²) in [5, 5.41) is 26.2. The number of ketones is 1. The number of methoxy groups -OCH3 is 1. The summed E-state index contributed by atoms with van der Waals surface area (Å²) in [4.78, 5) is 14.5. The van der Waals surface area contributed by atoms with Crippen LogP contribution in [0, 0.1) is 28.6 Å². The first kappa shape index (κ1) is 38.1. The lowest BCUT2D eigenvalue weighted by Crippen LogP contribution is -2.57. The molecule has 7 aliphatic rings. The summed E-state index contributed by atoms with van der Waals surface area (Å²) in [7, 11) is -2.27. The van der Waals surface area contributed by atoms with Crippen LogP contribution >= 0.6 is 11.3 Å². The van der Waals surface area contributed by atoms with E-state index in [1.807, 2.05) is 17.5 Å². The Labute approximate surface area is 325 Å². The van der Waals surface area contributed by atoms with Crippen molar-refractivity contribution in [2.24, 2.45) is 28.6 Å². The zero-order chi connectivity index (χ0) is 37.9.